The fourth-order valence-corrected chi connectivity index (χ4v) is 3.08. The van der Waals surface area contributed by atoms with Crippen molar-refractivity contribution in [2.24, 2.45) is 0 Å². The highest BCUT2D eigenvalue weighted by Crippen LogP contribution is 2.29. The minimum absolute atomic E-state index is 0.194. The largest absolute Gasteiger partial charge is 0.306 e. The average Bonchev–Trinajstić information content (AvgIpc) is 3.05. The molecule has 4 rings (SSSR count). The number of nitrogens with one attached hydrogen (secondary N) is 1. The van der Waals surface area contributed by atoms with E-state index < -0.39 is 0 Å². The molecule has 0 atom stereocenters. The Labute approximate surface area is 164 Å². The molecular weight excluding hydrogens is 346 g/mol. The summed E-state index contributed by atoms with van der Waals surface area (Å²) >= 11 is 0. The van der Waals surface area contributed by atoms with E-state index in [9.17, 15) is 4.79 Å². The topological polar surface area (TPSA) is 46.4 Å². The zero-order valence-corrected chi connectivity index (χ0v) is 15.9. The molecule has 4 aromatic rings. The summed E-state index contributed by atoms with van der Waals surface area (Å²) in [6.07, 6.45) is 5.33. The van der Waals surface area contributed by atoms with Crippen molar-refractivity contribution in [2.75, 3.05) is 5.32 Å². The first kappa shape index (κ1) is 17.7. The molecular formula is C24H21N3O. The molecule has 0 fully saturated rings. The standard InChI is InChI=1S/C24H21N3O/c1-17-8-12-20(13-9-17)23-24(27-16-18(2)10-14-21(27)25-23)26-22(28)15-11-19-6-4-3-5-7-19/h3-16H,1-2H3,(H,26,28)/b15-11+. The number of pyridine rings is 1. The SMILES string of the molecule is Cc1ccc(-c2nc3ccc(C)cn3c2NC(=O)/C=C/c2ccccc2)cc1. The van der Waals surface area contributed by atoms with Gasteiger partial charge < -0.3 is 5.32 Å². The minimum Gasteiger partial charge on any atom is -0.306 e. The van der Waals surface area contributed by atoms with Crippen LogP contribution in [-0.2, 0) is 4.79 Å². The first-order chi connectivity index (χ1) is 13.6. The van der Waals surface area contributed by atoms with Gasteiger partial charge in [-0.1, -0.05) is 66.2 Å². The average molecular weight is 367 g/mol. The van der Waals surface area contributed by atoms with E-state index in [1.165, 1.54) is 5.56 Å². The summed E-state index contributed by atoms with van der Waals surface area (Å²) in [7, 11) is 0. The molecule has 0 radical (unpaired) electrons. The van der Waals surface area contributed by atoms with Crippen molar-refractivity contribution in [3.63, 3.8) is 0 Å². The van der Waals surface area contributed by atoms with Gasteiger partial charge in [-0.2, -0.15) is 0 Å². The quantitative estimate of drug-likeness (QED) is 0.500. The normalized spacial score (nSPS) is 11.2. The Kier molecular flexibility index (Phi) is 4.77. The van der Waals surface area contributed by atoms with Crippen LogP contribution >= 0.6 is 0 Å². The maximum Gasteiger partial charge on any atom is 0.249 e. The number of rotatable bonds is 4. The lowest BCUT2D eigenvalue weighted by Gasteiger charge is -2.07. The van der Waals surface area contributed by atoms with Crippen LogP contribution in [0.4, 0.5) is 5.82 Å². The molecule has 2 heterocycles. The predicted molar refractivity (Wildman–Crippen MR) is 114 cm³/mol. The van der Waals surface area contributed by atoms with Crippen molar-refractivity contribution < 1.29 is 4.79 Å². The number of carbonyl (C=O) groups excluding carboxylic acids is 1. The monoisotopic (exact) mass is 367 g/mol. The Morgan fingerprint density at radius 1 is 0.929 bits per heavy atom. The van der Waals surface area contributed by atoms with Gasteiger partial charge in [0.05, 0.1) is 0 Å². The van der Waals surface area contributed by atoms with Gasteiger partial charge in [-0.05, 0) is 37.1 Å². The lowest BCUT2D eigenvalue weighted by molar-refractivity contribution is -0.111. The zero-order valence-electron chi connectivity index (χ0n) is 15.9. The summed E-state index contributed by atoms with van der Waals surface area (Å²) in [6, 6.07) is 21.9. The first-order valence-electron chi connectivity index (χ1n) is 9.20. The summed E-state index contributed by atoms with van der Waals surface area (Å²) < 4.78 is 1.93. The number of fused-ring (bicyclic) bond motifs is 1. The van der Waals surface area contributed by atoms with E-state index in [2.05, 4.69) is 5.32 Å². The number of amides is 1. The highest BCUT2D eigenvalue weighted by atomic mass is 16.1. The Morgan fingerprint density at radius 3 is 2.39 bits per heavy atom. The van der Waals surface area contributed by atoms with E-state index in [0.29, 0.717) is 5.82 Å². The van der Waals surface area contributed by atoms with Crippen molar-refractivity contribution in [1.29, 1.82) is 0 Å². The number of aromatic nitrogens is 2. The van der Waals surface area contributed by atoms with Crippen molar-refractivity contribution in [3.8, 4) is 11.3 Å². The Bertz CT molecular complexity index is 1160. The van der Waals surface area contributed by atoms with Crippen LogP contribution < -0.4 is 5.32 Å². The lowest BCUT2D eigenvalue weighted by Crippen LogP contribution is -2.10. The first-order valence-corrected chi connectivity index (χ1v) is 9.20. The smallest absolute Gasteiger partial charge is 0.249 e. The third kappa shape index (κ3) is 3.71. The van der Waals surface area contributed by atoms with Gasteiger partial charge in [-0.3, -0.25) is 9.20 Å². The molecule has 0 aliphatic carbocycles. The fraction of sp³-hybridized carbons (Fsp3) is 0.0833. The van der Waals surface area contributed by atoms with Crippen LogP contribution in [0.25, 0.3) is 23.0 Å². The maximum absolute atomic E-state index is 12.6. The summed E-state index contributed by atoms with van der Waals surface area (Å²) in [5.41, 5.74) is 5.77. The molecule has 2 aromatic carbocycles. The van der Waals surface area contributed by atoms with Gasteiger partial charge in [0.1, 0.15) is 17.2 Å². The number of nitrogens with zero attached hydrogens (tertiary/aromatic N) is 2. The van der Waals surface area contributed by atoms with Gasteiger partial charge in [0.25, 0.3) is 0 Å². The van der Waals surface area contributed by atoms with E-state index in [0.717, 1.165) is 28.0 Å². The second-order valence-electron chi connectivity index (χ2n) is 6.84. The van der Waals surface area contributed by atoms with Gasteiger partial charge in [-0.25, -0.2) is 4.98 Å². The van der Waals surface area contributed by atoms with Crippen molar-refractivity contribution >= 4 is 23.4 Å². The van der Waals surface area contributed by atoms with Crippen LogP contribution in [0.5, 0.6) is 0 Å². The molecule has 1 amide bonds. The van der Waals surface area contributed by atoms with Crippen molar-refractivity contribution in [2.45, 2.75) is 13.8 Å². The van der Waals surface area contributed by atoms with Crippen LogP contribution in [0.15, 0.2) is 79.0 Å². The summed E-state index contributed by atoms with van der Waals surface area (Å²) in [5.74, 6) is 0.478. The van der Waals surface area contributed by atoms with Crippen LogP contribution in [0.2, 0.25) is 0 Å². The maximum atomic E-state index is 12.6. The minimum atomic E-state index is -0.194. The van der Waals surface area contributed by atoms with Crippen LogP contribution in [-0.4, -0.2) is 15.3 Å². The van der Waals surface area contributed by atoms with Crippen LogP contribution in [0.1, 0.15) is 16.7 Å². The van der Waals surface area contributed by atoms with Gasteiger partial charge in [-0.15, -0.1) is 0 Å². The Balaban J connectivity index is 1.72. The number of imidazole rings is 1. The lowest BCUT2D eigenvalue weighted by atomic mass is 10.1. The van der Waals surface area contributed by atoms with Crippen molar-refractivity contribution in [3.05, 3.63) is 95.7 Å². The molecule has 0 spiro atoms. The van der Waals surface area contributed by atoms with E-state index in [4.69, 9.17) is 4.98 Å². The Hall–Kier alpha value is -3.66. The molecule has 4 nitrogen and oxygen atoms in total. The third-order valence-electron chi connectivity index (χ3n) is 4.56. The second-order valence-corrected chi connectivity index (χ2v) is 6.84. The van der Waals surface area contributed by atoms with E-state index in [-0.39, 0.29) is 5.91 Å². The van der Waals surface area contributed by atoms with E-state index in [1.807, 2.05) is 91.2 Å². The summed E-state index contributed by atoms with van der Waals surface area (Å²) in [6.45, 7) is 4.07. The van der Waals surface area contributed by atoms with Gasteiger partial charge in [0, 0.05) is 17.8 Å². The molecule has 28 heavy (non-hydrogen) atoms. The van der Waals surface area contributed by atoms with E-state index in [1.54, 1.807) is 12.2 Å². The predicted octanol–water partition coefficient (Wildman–Crippen LogP) is 5.27. The van der Waals surface area contributed by atoms with Gasteiger partial charge in [0.2, 0.25) is 5.91 Å². The molecule has 0 saturated heterocycles. The van der Waals surface area contributed by atoms with Crippen LogP contribution in [0.3, 0.4) is 0 Å². The summed E-state index contributed by atoms with van der Waals surface area (Å²) in [4.78, 5) is 17.4. The molecule has 2 aromatic heterocycles. The number of hydrogen-bond acceptors (Lipinski definition) is 2. The summed E-state index contributed by atoms with van der Waals surface area (Å²) in [5, 5.41) is 3.02. The molecule has 4 heteroatoms. The van der Waals surface area contributed by atoms with E-state index >= 15 is 0 Å². The molecule has 0 bridgehead atoms. The number of aryl methyl sites for hydroxylation is 2. The fourth-order valence-electron chi connectivity index (χ4n) is 3.08. The van der Waals surface area contributed by atoms with Crippen molar-refractivity contribution in [1.82, 2.24) is 9.38 Å². The number of anilines is 1. The molecule has 0 unspecified atom stereocenters. The highest BCUT2D eigenvalue weighted by molar-refractivity contribution is 6.03. The number of carbonyl (C=O) groups is 1. The van der Waals surface area contributed by atoms with Gasteiger partial charge >= 0.3 is 0 Å². The third-order valence-corrected chi connectivity index (χ3v) is 4.56. The highest BCUT2D eigenvalue weighted by Gasteiger charge is 2.15. The zero-order chi connectivity index (χ0) is 19.5. The molecule has 1 N–H and O–H groups in total. The van der Waals surface area contributed by atoms with Crippen LogP contribution in [0, 0.1) is 13.8 Å². The molecule has 0 saturated carbocycles. The molecule has 0 aliphatic heterocycles. The number of hydrogen-bond donors (Lipinski definition) is 1. The molecule has 138 valence electrons. The second kappa shape index (κ2) is 7.53. The number of benzene rings is 2. The Morgan fingerprint density at radius 2 is 1.64 bits per heavy atom. The van der Waals surface area contributed by atoms with Gasteiger partial charge in [0.15, 0.2) is 0 Å². The molecule has 0 aliphatic rings.